The zero-order valence-corrected chi connectivity index (χ0v) is 14.1. The Balaban J connectivity index is 1.53. The predicted octanol–water partition coefficient (Wildman–Crippen LogP) is 4.28. The third-order valence-electron chi connectivity index (χ3n) is 3.60. The minimum absolute atomic E-state index is 0.164. The summed E-state index contributed by atoms with van der Waals surface area (Å²) in [6.07, 6.45) is 3.93. The smallest absolute Gasteiger partial charge is 0.0982 e. The highest BCUT2D eigenvalue weighted by molar-refractivity contribution is 7.12. The maximum absolute atomic E-state index is 4.72. The Kier molecular flexibility index (Phi) is 3.98. The monoisotopic (exact) mass is 306 g/mol. The van der Waals surface area contributed by atoms with E-state index in [0.717, 1.165) is 13.1 Å². The number of fused-ring (bicyclic) bond motifs is 1. The lowest BCUT2D eigenvalue weighted by atomic mass is 9.98. The van der Waals surface area contributed by atoms with E-state index < -0.39 is 0 Å². The Bertz CT molecular complexity index is 568. The first-order valence-electron chi connectivity index (χ1n) is 7.28. The van der Waals surface area contributed by atoms with Gasteiger partial charge >= 0.3 is 0 Å². The molecule has 20 heavy (non-hydrogen) atoms. The van der Waals surface area contributed by atoms with Gasteiger partial charge in [0.15, 0.2) is 0 Å². The zero-order chi connectivity index (χ0) is 14.2. The van der Waals surface area contributed by atoms with Crippen LogP contribution in [0.25, 0.3) is 0 Å². The average molecular weight is 306 g/mol. The summed E-state index contributed by atoms with van der Waals surface area (Å²) in [6, 6.07) is 2.39. The Morgan fingerprint density at radius 1 is 1.25 bits per heavy atom. The van der Waals surface area contributed by atoms with Gasteiger partial charge in [0, 0.05) is 33.6 Å². The molecule has 2 aromatic heterocycles. The van der Waals surface area contributed by atoms with Gasteiger partial charge in [0.1, 0.15) is 0 Å². The number of thiophene rings is 1. The molecule has 1 N–H and O–H groups in total. The molecule has 2 nitrogen and oxygen atoms in total. The lowest BCUT2D eigenvalue weighted by Gasteiger charge is -2.13. The lowest BCUT2D eigenvalue weighted by Crippen LogP contribution is -2.14. The Labute approximate surface area is 129 Å². The van der Waals surface area contributed by atoms with E-state index in [1.54, 1.807) is 21.8 Å². The van der Waals surface area contributed by atoms with Crippen LogP contribution in [-0.4, -0.2) is 4.98 Å². The molecule has 0 amide bonds. The summed E-state index contributed by atoms with van der Waals surface area (Å²) in [5.74, 6) is 0. The summed E-state index contributed by atoms with van der Waals surface area (Å²) in [5, 5.41) is 6.93. The molecule has 4 heteroatoms. The van der Waals surface area contributed by atoms with Crippen LogP contribution in [0.2, 0.25) is 0 Å². The van der Waals surface area contributed by atoms with Gasteiger partial charge in [0.05, 0.1) is 10.7 Å². The van der Waals surface area contributed by atoms with Crippen LogP contribution < -0.4 is 5.32 Å². The summed E-state index contributed by atoms with van der Waals surface area (Å²) in [6.45, 7) is 8.50. The molecule has 0 aromatic carbocycles. The Hall–Kier alpha value is -0.710. The first kappa shape index (κ1) is 14.2. The van der Waals surface area contributed by atoms with Crippen molar-refractivity contribution in [1.82, 2.24) is 10.3 Å². The van der Waals surface area contributed by atoms with Crippen molar-refractivity contribution in [2.75, 3.05) is 0 Å². The largest absolute Gasteiger partial charge is 0.306 e. The second-order valence-corrected chi connectivity index (χ2v) is 8.59. The van der Waals surface area contributed by atoms with Crippen molar-refractivity contribution >= 4 is 22.7 Å². The van der Waals surface area contributed by atoms with E-state index in [-0.39, 0.29) is 5.41 Å². The van der Waals surface area contributed by atoms with Crippen LogP contribution in [0.4, 0.5) is 0 Å². The predicted molar refractivity (Wildman–Crippen MR) is 87.7 cm³/mol. The number of nitrogens with zero attached hydrogens (tertiary/aromatic N) is 1. The molecule has 1 aliphatic rings. The maximum Gasteiger partial charge on any atom is 0.0982 e. The summed E-state index contributed by atoms with van der Waals surface area (Å²) in [4.78, 5) is 7.81. The summed E-state index contributed by atoms with van der Waals surface area (Å²) in [7, 11) is 0. The second kappa shape index (κ2) is 5.58. The summed E-state index contributed by atoms with van der Waals surface area (Å²) >= 11 is 3.76. The van der Waals surface area contributed by atoms with Gasteiger partial charge in [-0.25, -0.2) is 4.98 Å². The normalized spacial score (nSPS) is 14.8. The number of hydrogen-bond donors (Lipinski definition) is 1. The maximum atomic E-state index is 4.72. The third kappa shape index (κ3) is 3.13. The molecule has 0 bridgehead atoms. The number of rotatable bonds is 4. The van der Waals surface area contributed by atoms with Crippen molar-refractivity contribution in [3.05, 3.63) is 37.5 Å². The molecule has 2 heterocycles. The molecule has 0 saturated carbocycles. The standard InChI is InChI=1S/C16H22N2S2/c1-16(2,3)15-18-12(10-19-15)8-17-9-13-7-11-5-4-6-14(11)20-13/h7,10,17H,4-6,8-9H2,1-3H3. The highest BCUT2D eigenvalue weighted by atomic mass is 32.1. The van der Waals surface area contributed by atoms with E-state index in [9.17, 15) is 0 Å². The minimum Gasteiger partial charge on any atom is -0.306 e. The quantitative estimate of drug-likeness (QED) is 0.912. The van der Waals surface area contributed by atoms with Crippen LogP contribution >= 0.6 is 22.7 Å². The van der Waals surface area contributed by atoms with Gasteiger partial charge in [-0.1, -0.05) is 20.8 Å². The number of aryl methyl sites for hydroxylation is 2. The SMILES string of the molecule is CC(C)(C)c1nc(CNCc2cc3c(s2)CCC3)cs1. The van der Waals surface area contributed by atoms with Gasteiger partial charge in [-0.15, -0.1) is 22.7 Å². The first-order chi connectivity index (χ1) is 9.52. The molecule has 0 atom stereocenters. The van der Waals surface area contributed by atoms with E-state index in [1.807, 2.05) is 11.3 Å². The zero-order valence-electron chi connectivity index (χ0n) is 12.5. The van der Waals surface area contributed by atoms with Gasteiger partial charge in [-0.3, -0.25) is 0 Å². The van der Waals surface area contributed by atoms with Crippen molar-refractivity contribution in [3.63, 3.8) is 0 Å². The topological polar surface area (TPSA) is 24.9 Å². The van der Waals surface area contributed by atoms with Crippen LogP contribution in [0.5, 0.6) is 0 Å². The molecule has 0 spiro atoms. The molecular weight excluding hydrogens is 284 g/mol. The Morgan fingerprint density at radius 3 is 2.80 bits per heavy atom. The molecule has 2 aromatic rings. The highest BCUT2D eigenvalue weighted by Crippen LogP contribution is 2.30. The van der Waals surface area contributed by atoms with Crippen molar-refractivity contribution in [2.45, 2.75) is 58.5 Å². The highest BCUT2D eigenvalue weighted by Gasteiger charge is 2.18. The molecule has 108 valence electrons. The van der Waals surface area contributed by atoms with Gasteiger partial charge in [0.2, 0.25) is 0 Å². The summed E-state index contributed by atoms with van der Waals surface area (Å²) < 4.78 is 0. The average Bonchev–Trinajstić information content (AvgIpc) is 3.01. The van der Waals surface area contributed by atoms with E-state index >= 15 is 0 Å². The molecule has 1 aliphatic carbocycles. The van der Waals surface area contributed by atoms with Crippen molar-refractivity contribution in [1.29, 1.82) is 0 Å². The lowest BCUT2D eigenvalue weighted by molar-refractivity contribution is 0.579. The fraction of sp³-hybridized carbons (Fsp3) is 0.562. The molecular formula is C16H22N2S2. The molecule has 0 radical (unpaired) electrons. The van der Waals surface area contributed by atoms with E-state index in [0.29, 0.717) is 0 Å². The van der Waals surface area contributed by atoms with Gasteiger partial charge < -0.3 is 5.32 Å². The summed E-state index contributed by atoms with van der Waals surface area (Å²) in [5.41, 5.74) is 2.93. The van der Waals surface area contributed by atoms with E-state index in [1.165, 1.54) is 34.8 Å². The van der Waals surface area contributed by atoms with Crippen LogP contribution in [0.3, 0.4) is 0 Å². The van der Waals surface area contributed by atoms with Crippen LogP contribution in [0.1, 0.15) is 53.2 Å². The molecule has 0 saturated heterocycles. The van der Waals surface area contributed by atoms with Gasteiger partial charge in [-0.2, -0.15) is 0 Å². The number of hydrogen-bond acceptors (Lipinski definition) is 4. The Morgan fingerprint density at radius 2 is 2.10 bits per heavy atom. The van der Waals surface area contributed by atoms with Crippen molar-refractivity contribution in [2.24, 2.45) is 0 Å². The first-order valence-corrected chi connectivity index (χ1v) is 8.98. The minimum atomic E-state index is 0.164. The number of thiazole rings is 1. The van der Waals surface area contributed by atoms with Crippen LogP contribution in [-0.2, 0) is 31.3 Å². The molecule has 0 unspecified atom stereocenters. The third-order valence-corrected chi connectivity index (χ3v) is 6.15. The van der Waals surface area contributed by atoms with E-state index in [2.05, 4.69) is 37.5 Å². The van der Waals surface area contributed by atoms with Gasteiger partial charge in [-0.05, 0) is 30.9 Å². The van der Waals surface area contributed by atoms with Crippen LogP contribution in [0.15, 0.2) is 11.4 Å². The number of aromatic nitrogens is 1. The second-order valence-electron chi connectivity index (χ2n) is 6.51. The number of nitrogens with one attached hydrogen (secondary N) is 1. The van der Waals surface area contributed by atoms with Crippen LogP contribution in [0, 0.1) is 0 Å². The van der Waals surface area contributed by atoms with Crippen molar-refractivity contribution < 1.29 is 0 Å². The fourth-order valence-corrected chi connectivity index (χ4v) is 4.66. The van der Waals surface area contributed by atoms with Gasteiger partial charge in [0.25, 0.3) is 0 Å². The molecule has 0 fully saturated rings. The molecule has 3 rings (SSSR count). The molecule has 0 aliphatic heterocycles. The van der Waals surface area contributed by atoms with Crippen molar-refractivity contribution in [3.8, 4) is 0 Å². The van der Waals surface area contributed by atoms with E-state index in [4.69, 9.17) is 4.98 Å². The fourth-order valence-electron chi connectivity index (χ4n) is 2.52.